The second-order valence-corrected chi connectivity index (χ2v) is 7.61. The van der Waals surface area contributed by atoms with E-state index in [9.17, 15) is 4.79 Å². The Kier molecular flexibility index (Phi) is 4.51. The van der Waals surface area contributed by atoms with E-state index >= 15 is 0 Å². The van der Waals surface area contributed by atoms with Gasteiger partial charge in [0.15, 0.2) is 5.13 Å². The second-order valence-electron chi connectivity index (χ2n) is 6.74. The molecule has 0 aromatic carbocycles. The summed E-state index contributed by atoms with van der Waals surface area (Å²) >= 11 is 1.66. The highest BCUT2D eigenvalue weighted by Gasteiger charge is 2.33. The van der Waals surface area contributed by atoms with Gasteiger partial charge in [0, 0.05) is 55.6 Å². The molecular weight excluding hydrogens is 322 g/mol. The molecule has 0 aliphatic carbocycles. The Labute approximate surface area is 145 Å². The van der Waals surface area contributed by atoms with Gasteiger partial charge in [-0.15, -0.1) is 11.3 Å². The average Bonchev–Trinajstić information content (AvgIpc) is 3.35. The molecule has 0 radical (unpaired) electrons. The first kappa shape index (κ1) is 15.6. The number of thiazole rings is 1. The van der Waals surface area contributed by atoms with E-state index in [4.69, 9.17) is 0 Å². The van der Waals surface area contributed by atoms with Gasteiger partial charge in [0.2, 0.25) is 5.91 Å². The Bertz CT molecular complexity index is 600. The smallest absolute Gasteiger partial charge is 0.227 e. The van der Waals surface area contributed by atoms with Crippen LogP contribution in [0.25, 0.3) is 0 Å². The first-order chi connectivity index (χ1) is 11.8. The molecule has 2 aliphatic rings. The van der Waals surface area contributed by atoms with Gasteiger partial charge in [0.1, 0.15) is 0 Å². The highest BCUT2D eigenvalue weighted by molar-refractivity contribution is 7.13. The summed E-state index contributed by atoms with van der Waals surface area (Å²) in [6.45, 7) is 3.51. The van der Waals surface area contributed by atoms with Crippen LogP contribution in [-0.2, 0) is 4.79 Å². The van der Waals surface area contributed by atoms with Crippen molar-refractivity contribution in [3.8, 4) is 0 Å². The summed E-state index contributed by atoms with van der Waals surface area (Å²) in [5.74, 6) is 0.812. The van der Waals surface area contributed by atoms with E-state index in [1.54, 1.807) is 17.5 Å². The Morgan fingerprint density at radius 2 is 2.12 bits per heavy atom. The number of aromatic amines is 1. The zero-order valence-corrected chi connectivity index (χ0v) is 14.5. The molecule has 24 heavy (non-hydrogen) atoms. The molecule has 0 saturated carbocycles. The van der Waals surface area contributed by atoms with Crippen LogP contribution in [0.3, 0.4) is 0 Å². The van der Waals surface area contributed by atoms with Crippen LogP contribution in [0, 0.1) is 5.92 Å². The van der Waals surface area contributed by atoms with Gasteiger partial charge in [0.25, 0.3) is 0 Å². The first-order valence-electron chi connectivity index (χ1n) is 8.74. The number of carbonyl (C=O) groups excluding carboxylic acids is 1. The maximum atomic E-state index is 13.0. The molecule has 7 heteroatoms. The van der Waals surface area contributed by atoms with E-state index < -0.39 is 0 Å². The predicted molar refractivity (Wildman–Crippen MR) is 94.2 cm³/mol. The fourth-order valence-electron chi connectivity index (χ4n) is 3.91. The topological polar surface area (TPSA) is 65.1 Å². The number of nitrogens with zero attached hydrogens (tertiary/aromatic N) is 4. The van der Waals surface area contributed by atoms with Crippen molar-refractivity contribution >= 4 is 22.4 Å². The van der Waals surface area contributed by atoms with Crippen molar-refractivity contribution in [2.24, 2.45) is 5.92 Å². The minimum Gasteiger partial charge on any atom is -0.347 e. The number of amides is 1. The molecule has 1 amide bonds. The zero-order valence-electron chi connectivity index (χ0n) is 13.7. The molecule has 2 aromatic heterocycles. The zero-order chi connectivity index (χ0) is 16.4. The van der Waals surface area contributed by atoms with Crippen molar-refractivity contribution < 1.29 is 4.79 Å². The summed E-state index contributed by atoms with van der Waals surface area (Å²) in [5.41, 5.74) is 1.15. The fourth-order valence-corrected chi connectivity index (χ4v) is 4.59. The van der Waals surface area contributed by atoms with Crippen LogP contribution in [0.5, 0.6) is 0 Å². The van der Waals surface area contributed by atoms with Gasteiger partial charge in [0.05, 0.1) is 5.92 Å². The quantitative estimate of drug-likeness (QED) is 0.928. The molecule has 2 aromatic rings. The van der Waals surface area contributed by atoms with Crippen molar-refractivity contribution in [2.45, 2.75) is 31.6 Å². The largest absolute Gasteiger partial charge is 0.347 e. The minimum absolute atomic E-state index is 0.100. The van der Waals surface area contributed by atoms with Crippen LogP contribution in [0.2, 0.25) is 0 Å². The Morgan fingerprint density at radius 1 is 1.21 bits per heavy atom. The normalized spacial score (nSPS) is 25.0. The molecule has 2 fully saturated rings. The van der Waals surface area contributed by atoms with E-state index in [-0.39, 0.29) is 5.92 Å². The van der Waals surface area contributed by atoms with Gasteiger partial charge in [-0.1, -0.05) is 0 Å². The third-order valence-corrected chi connectivity index (χ3v) is 5.99. The lowest BCUT2D eigenvalue weighted by molar-refractivity contribution is -0.137. The Balaban J connectivity index is 1.41. The van der Waals surface area contributed by atoms with Crippen LogP contribution in [-0.4, -0.2) is 52.2 Å². The number of carbonyl (C=O) groups is 1. The van der Waals surface area contributed by atoms with Crippen LogP contribution in [0.4, 0.5) is 5.13 Å². The van der Waals surface area contributed by atoms with Gasteiger partial charge in [-0.2, -0.15) is 5.10 Å². The van der Waals surface area contributed by atoms with E-state index in [1.165, 1.54) is 0 Å². The van der Waals surface area contributed by atoms with E-state index in [2.05, 4.69) is 25.0 Å². The summed E-state index contributed by atoms with van der Waals surface area (Å²) in [4.78, 5) is 21.8. The summed E-state index contributed by atoms with van der Waals surface area (Å²) in [7, 11) is 0. The molecule has 2 atom stereocenters. The molecule has 0 bridgehead atoms. The minimum atomic E-state index is 0.100. The number of rotatable bonds is 3. The molecule has 2 aliphatic heterocycles. The lowest BCUT2D eigenvalue weighted by atomic mass is 9.91. The third kappa shape index (κ3) is 3.17. The van der Waals surface area contributed by atoms with Crippen molar-refractivity contribution in [3.63, 3.8) is 0 Å². The molecular formula is C17H23N5OS. The molecule has 6 nitrogen and oxygen atoms in total. The predicted octanol–water partition coefficient (Wildman–Crippen LogP) is 2.49. The van der Waals surface area contributed by atoms with Gasteiger partial charge in [-0.3, -0.25) is 9.89 Å². The van der Waals surface area contributed by atoms with Gasteiger partial charge in [-0.25, -0.2) is 4.98 Å². The number of likely N-dealkylation sites (tertiary alicyclic amines) is 1. The number of aromatic nitrogens is 3. The number of hydrogen-bond donors (Lipinski definition) is 1. The number of anilines is 1. The number of piperidine rings is 2. The molecule has 0 spiro atoms. The molecule has 4 rings (SSSR count). The molecule has 0 unspecified atom stereocenters. The van der Waals surface area contributed by atoms with Crippen LogP contribution >= 0.6 is 11.3 Å². The molecule has 128 valence electrons. The van der Waals surface area contributed by atoms with Gasteiger partial charge < -0.3 is 9.80 Å². The summed E-state index contributed by atoms with van der Waals surface area (Å²) in [6, 6.07) is 2.03. The number of nitrogens with one attached hydrogen (secondary N) is 1. The fraction of sp³-hybridized carbons (Fsp3) is 0.588. The number of H-pyrrole nitrogens is 1. The Hall–Kier alpha value is -1.89. The first-order valence-corrected chi connectivity index (χ1v) is 9.62. The third-order valence-electron chi connectivity index (χ3n) is 5.16. The van der Waals surface area contributed by atoms with Crippen LogP contribution in [0.15, 0.2) is 23.8 Å². The van der Waals surface area contributed by atoms with Crippen molar-refractivity contribution in [2.75, 3.05) is 31.1 Å². The standard InChI is InChI=1S/C17H23N5OS/c23-16(14-4-2-9-22(12-14)17-18-7-10-24-17)21-8-1-3-13(11-21)15-5-6-19-20-15/h5-7,10,13-14H,1-4,8-9,11-12H2,(H,19,20)/t13-,14+/m1/s1. The summed E-state index contributed by atoms with van der Waals surface area (Å²) in [5, 5.41) is 10.2. The van der Waals surface area contributed by atoms with E-state index in [1.807, 2.05) is 17.6 Å². The SMILES string of the molecule is O=C([C@H]1CCCN(c2nccs2)C1)N1CCC[C@@H](c2ccn[nH]2)C1. The maximum absolute atomic E-state index is 13.0. The lowest BCUT2D eigenvalue weighted by Gasteiger charge is -2.38. The van der Waals surface area contributed by atoms with Crippen molar-refractivity contribution in [1.82, 2.24) is 20.1 Å². The summed E-state index contributed by atoms with van der Waals surface area (Å²) < 4.78 is 0. The molecule has 2 saturated heterocycles. The van der Waals surface area contributed by atoms with Crippen molar-refractivity contribution in [1.29, 1.82) is 0 Å². The average molecular weight is 345 g/mol. The molecule has 4 heterocycles. The lowest BCUT2D eigenvalue weighted by Crippen LogP contribution is -2.47. The highest BCUT2D eigenvalue weighted by atomic mass is 32.1. The second kappa shape index (κ2) is 6.93. The van der Waals surface area contributed by atoms with Crippen LogP contribution < -0.4 is 4.90 Å². The maximum Gasteiger partial charge on any atom is 0.227 e. The summed E-state index contributed by atoms with van der Waals surface area (Å²) in [6.07, 6.45) is 7.88. The van der Waals surface area contributed by atoms with Gasteiger partial charge >= 0.3 is 0 Å². The van der Waals surface area contributed by atoms with Gasteiger partial charge in [-0.05, 0) is 31.7 Å². The van der Waals surface area contributed by atoms with Crippen molar-refractivity contribution in [3.05, 3.63) is 29.5 Å². The monoisotopic (exact) mass is 345 g/mol. The highest BCUT2D eigenvalue weighted by Crippen LogP contribution is 2.29. The van der Waals surface area contributed by atoms with Crippen LogP contribution in [0.1, 0.15) is 37.3 Å². The Morgan fingerprint density at radius 3 is 2.92 bits per heavy atom. The number of hydrogen-bond acceptors (Lipinski definition) is 5. The molecule has 1 N–H and O–H groups in total. The van der Waals surface area contributed by atoms with E-state index in [0.717, 1.165) is 62.7 Å². The van der Waals surface area contributed by atoms with E-state index in [0.29, 0.717) is 11.8 Å².